The Morgan fingerprint density at radius 3 is 2.30 bits per heavy atom. The highest BCUT2D eigenvalue weighted by Gasteiger charge is 2.06. The summed E-state index contributed by atoms with van der Waals surface area (Å²) in [5, 5.41) is 6.81. The Balaban J connectivity index is 2.08. The minimum Gasteiger partial charge on any atom is -0.370 e. The fraction of sp³-hybridized carbons (Fsp3) is 0.444. The Morgan fingerprint density at radius 1 is 1.00 bits per heavy atom. The van der Waals surface area contributed by atoms with Crippen LogP contribution < -0.4 is 10.6 Å². The summed E-state index contributed by atoms with van der Waals surface area (Å²) in [6.07, 6.45) is 1.08. The first-order valence-corrected chi connectivity index (χ1v) is 8.03. The summed E-state index contributed by atoms with van der Waals surface area (Å²) in [4.78, 5) is 11.1. The Labute approximate surface area is 139 Å². The largest absolute Gasteiger partial charge is 0.370 e. The van der Waals surface area contributed by atoms with Crippen molar-refractivity contribution < 1.29 is 0 Å². The van der Waals surface area contributed by atoms with Crippen LogP contribution in [0.3, 0.4) is 0 Å². The molecule has 0 aliphatic heterocycles. The summed E-state index contributed by atoms with van der Waals surface area (Å²) >= 11 is 0. The number of anilines is 3. The van der Waals surface area contributed by atoms with Gasteiger partial charge in [0.25, 0.3) is 0 Å². The molecule has 2 rings (SSSR count). The zero-order valence-corrected chi connectivity index (χ0v) is 14.8. The molecule has 0 bridgehead atoms. The Hall–Kier alpha value is -2.14. The number of aryl methyl sites for hydroxylation is 3. The molecule has 5 nitrogen and oxygen atoms in total. The van der Waals surface area contributed by atoms with E-state index in [4.69, 9.17) is 0 Å². The SMILES string of the molecule is Cc1nc(NCCCN(C)C)cc(Nc2c(C)cccc2C)n1. The molecule has 23 heavy (non-hydrogen) atoms. The van der Waals surface area contributed by atoms with Crippen LogP contribution in [0.2, 0.25) is 0 Å². The van der Waals surface area contributed by atoms with E-state index in [0.29, 0.717) is 0 Å². The molecule has 0 spiro atoms. The van der Waals surface area contributed by atoms with E-state index in [9.17, 15) is 0 Å². The quantitative estimate of drug-likeness (QED) is 0.766. The van der Waals surface area contributed by atoms with Crippen molar-refractivity contribution in [2.75, 3.05) is 37.8 Å². The van der Waals surface area contributed by atoms with Crippen molar-refractivity contribution in [3.8, 4) is 0 Å². The van der Waals surface area contributed by atoms with Gasteiger partial charge in [-0.15, -0.1) is 0 Å². The number of rotatable bonds is 7. The molecule has 0 radical (unpaired) electrons. The first-order chi connectivity index (χ1) is 11.0. The highest BCUT2D eigenvalue weighted by atomic mass is 15.1. The fourth-order valence-corrected chi connectivity index (χ4v) is 2.47. The lowest BCUT2D eigenvalue weighted by Gasteiger charge is -2.14. The molecule has 1 heterocycles. The molecule has 1 aromatic heterocycles. The lowest BCUT2D eigenvalue weighted by Crippen LogP contribution is -2.16. The van der Waals surface area contributed by atoms with Gasteiger partial charge in [0.05, 0.1) is 0 Å². The van der Waals surface area contributed by atoms with Crippen LogP contribution in [0.1, 0.15) is 23.4 Å². The van der Waals surface area contributed by atoms with Gasteiger partial charge in [-0.05, 0) is 59.0 Å². The minimum atomic E-state index is 0.761. The molecular formula is C18H27N5. The van der Waals surface area contributed by atoms with Gasteiger partial charge in [-0.1, -0.05) is 18.2 Å². The lowest BCUT2D eigenvalue weighted by atomic mass is 10.1. The number of nitrogens with one attached hydrogen (secondary N) is 2. The Bertz CT molecular complexity index is 632. The van der Waals surface area contributed by atoms with Crippen molar-refractivity contribution in [1.29, 1.82) is 0 Å². The molecule has 0 aliphatic rings. The second kappa shape index (κ2) is 7.92. The topological polar surface area (TPSA) is 53.1 Å². The smallest absolute Gasteiger partial charge is 0.136 e. The molecule has 0 saturated carbocycles. The normalized spacial score (nSPS) is 10.9. The van der Waals surface area contributed by atoms with Gasteiger partial charge in [0.2, 0.25) is 0 Å². The maximum Gasteiger partial charge on any atom is 0.136 e. The molecular weight excluding hydrogens is 286 g/mol. The van der Waals surface area contributed by atoms with Gasteiger partial charge in [0, 0.05) is 18.3 Å². The van der Waals surface area contributed by atoms with Gasteiger partial charge in [0.15, 0.2) is 0 Å². The summed E-state index contributed by atoms with van der Waals surface area (Å²) in [6, 6.07) is 8.24. The summed E-state index contributed by atoms with van der Waals surface area (Å²) in [5.74, 6) is 2.45. The zero-order chi connectivity index (χ0) is 16.8. The van der Waals surface area contributed by atoms with Crippen LogP contribution in [-0.4, -0.2) is 42.1 Å². The van der Waals surface area contributed by atoms with E-state index in [2.05, 4.69) is 71.6 Å². The van der Waals surface area contributed by atoms with Crippen LogP contribution in [-0.2, 0) is 0 Å². The van der Waals surface area contributed by atoms with E-state index < -0.39 is 0 Å². The van der Waals surface area contributed by atoms with Crippen molar-refractivity contribution in [2.45, 2.75) is 27.2 Å². The first kappa shape index (κ1) is 17.2. The molecule has 124 valence electrons. The fourth-order valence-electron chi connectivity index (χ4n) is 2.47. The van der Waals surface area contributed by atoms with Gasteiger partial charge >= 0.3 is 0 Å². The number of hydrogen-bond donors (Lipinski definition) is 2. The second-order valence-electron chi connectivity index (χ2n) is 6.16. The first-order valence-electron chi connectivity index (χ1n) is 8.03. The van der Waals surface area contributed by atoms with Crippen LogP contribution >= 0.6 is 0 Å². The van der Waals surface area contributed by atoms with Gasteiger partial charge < -0.3 is 15.5 Å². The van der Waals surface area contributed by atoms with Crippen molar-refractivity contribution in [3.63, 3.8) is 0 Å². The molecule has 5 heteroatoms. The van der Waals surface area contributed by atoms with E-state index in [0.717, 1.165) is 42.7 Å². The third-order valence-electron chi connectivity index (χ3n) is 3.66. The summed E-state index contributed by atoms with van der Waals surface area (Å²) in [5.41, 5.74) is 3.53. The van der Waals surface area contributed by atoms with E-state index >= 15 is 0 Å². The molecule has 1 aromatic carbocycles. The highest BCUT2D eigenvalue weighted by Crippen LogP contribution is 2.24. The van der Waals surface area contributed by atoms with Crippen molar-refractivity contribution in [2.24, 2.45) is 0 Å². The van der Waals surface area contributed by atoms with Crippen LogP contribution in [0, 0.1) is 20.8 Å². The zero-order valence-electron chi connectivity index (χ0n) is 14.8. The van der Waals surface area contributed by atoms with Crippen molar-refractivity contribution >= 4 is 17.3 Å². The molecule has 2 aromatic rings. The predicted octanol–water partition coefficient (Wildman–Crippen LogP) is 3.51. The van der Waals surface area contributed by atoms with E-state index in [1.165, 1.54) is 11.1 Å². The van der Waals surface area contributed by atoms with Crippen LogP contribution in [0.4, 0.5) is 17.3 Å². The lowest BCUT2D eigenvalue weighted by molar-refractivity contribution is 0.405. The predicted molar refractivity (Wildman–Crippen MR) is 97.6 cm³/mol. The summed E-state index contributed by atoms with van der Waals surface area (Å²) in [6.45, 7) is 8.08. The van der Waals surface area contributed by atoms with Crippen LogP contribution in [0.25, 0.3) is 0 Å². The van der Waals surface area contributed by atoms with Crippen LogP contribution in [0.5, 0.6) is 0 Å². The Morgan fingerprint density at radius 2 is 1.65 bits per heavy atom. The molecule has 0 fully saturated rings. The van der Waals surface area contributed by atoms with Crippen molar-refractivity contribution in [3.05, 3.63) is 41.2 Å². The Kier molecular flexibility index (Phi) is 5.93. The molecule has 0 atom stereocenters. The monoisotopic (exact) mass is 313 g/mol. The second-order valence-corrected chi connectivity index (χ2v) is 6.16. The van der Waals surface area contributed by atoms with Crippen LogP contribution in [0.15, 0.2) is 24.3 Å². The third kappa shape index (κ3) is 5.21. The molecule has 0 aliphatic carbocycles. The van der Waals surface area contributed by atoms with Gasteiger partial charge in [-0.2, -0.15) is 0 Å². The number of aromatic nitrogens is 2. The molecule has 0 amide bonds. The van der Waals surface area contributed by atoms with E-state index in [-0.39, 0.29) is 0 Å². The number of benzene rings is 1. The number of hydrogen-bond acceptors (Lipinski definition) is 5. The van der Waals surface area contributed by atoms with Gasteiger partial charge in [-0.3, -0.25) is 0 Å². The average Bonchev–Trinajstić information content (AvgIpc) is 2.47. The maximum absolute atomic E-state index is 4.50. The van der Waals surface area contributed by atoms with E-state index in [1.807, 2.05) is 13.0 Å². The molecule has 0 saturated heterocycles. The molecule has 2 N–H and O–H groups in total. The average molecular weight is 313 g/mol. The third-order valence-corrected chi connectivity index (χ3v) is 3.66. The highest BCUT2D eigenvalue weighted by molar-refractivity contribution is 5.65. The molecule has 0 unspecified atom stereocenters. The number of para-hydroxylation sites is 1. The van der Waals surface area contributed by atoms with Crippen molar-refractivity contribution in [1.82, 2.24) is 14.9 Å². The van der Waals surface area contributed by atoms with E-state index in [1.54, 1.807) is 0 Å². The van der Waals surface area contributed by atoms with Gasteiger partial charge in [-0.25, -0.2) is 9.97 Å². The standard InChI is InChI=1S/C18H27N5/c1-13-8-6-9-14(2)18(13)22-17-12-16(20-15(3)21-17)19-10-7-11-23(4)5/h6,8-9,12H,7,10-11H2,1-5H3,(H2,19,20,21,22). The maximum atomic E-state index is 4.50. The number of nitrogens with zero attached hydrogens (tertiary/aromatic N) is 3. The minimum absolute atomic E-state index is 0.761. The van der Waals surface area contributed by atoms with Gasteiger partial charge in [0.1, 0.15) is 17.5 Å². The summed E-state index contributed by atoms with van der Waals surface area (Å²) < 4.78 is 0. The summed E-state index contributed by atoms with van der Waals surface area (Å²) in [7, 11) is 4.17.